The molecule has 1 unspecified atom stereocenters. The molecule has 0 saturated heterocycles. The van der Waals surface area contributed by atoms with Gasteiger partial charge in [-0.3, -0.25) is 5.32 Å². The van der Waals surface area contributed by atoms with Crippen LogP contribution in [0, 0.1) is 16.7 Å². The standard InChI is InChI=1S/C24H27N3O3/c1-15(26)20-13-18(9-11-21(20)27-23(28)30-24(2,3)4)29-22-7-5-6-17-12-16(14-25)8-10-19(17)22/h8-13,22,26H,5-7H2,1-4H3,(H,27,28). The van der Waals surface area contributed by atoms with Gasteiger partial charge in [-0.25, -0.2) is 4.79 Å². The first-order chi connectivity index (χ1) is 14.2. The molecule has 6 nitrogen and oxygen atoms in total. The molecular formula is C24H27N3O3. The van der Waals surface area contributed by atoms with Crippen LogP contribution in [-0.4, -0.2) is 17.4 Å². The van der Waals surface area contributed by atoms with Crippen molar-refractivity contribution < 1.29 is 14.3 Å². The van der Waals surface area contributed by atoms with Crippen molar-refractivity contribution in [1.29, 1.82) is 10.7 Å². The highest BCUT2D eigenvalue weighted by atomic mass is 16.6. The third kappa shape index (κ3) is 5.18. The van der Waals surface area contributed by atoms with Gasteiger partial charge in [0.2, 0.25) is 0 Å². The summed E-state index contributed by atoms with van der Waals surface area (Å²) in [4.78, 5) is 12.1. The average molecular weight is 405 g/mol. The quantitative estimate of drug-likeness (QED) is 0.633. The van der Waals surface area contributed by atoms with Gasteiger partial charge in [0, 0.05) is 11.3 Å². The Labute approximate surface area is 177 Å². The summed E-state index contributed by atoms with van der Waals surface area (Å²) < 4.78 is 11.6. The van der Waals surface area contributed by atoms with E-state index in [2.05, 4.69) is 11.4 Å². The zero-order valence-electron chi connectivity index (χ0n) is 17.8. The van der Waals surface area contributed by atoms with Crippen LogP contribution in [0.3, 0.4) is 0 Å². The molecule has 0 saturated carbocycles. The van der Waals surface area contributed by atoms with Crippen LogP contribution < -0.4 is 10.1 Å². The number of anilines is 1. The van der Waals surface area contributed by atoms with Crippen molar-refractivity contribution in [2.45, 2.75) is 58.7 Å². The minimum Gasteiger partial charge on any atom is -0.486 e. The maximum absolute atomic E-state index is 12.1. The Morgan fingerprint density at radius 1 is 1.23 bits per heavy atom. The monoisotopic (exact) mass is 405 g/mol. The highest BCUT2D eigenvalue weighted by Crippen LogP contribution is 2.35. The highest BCUT2D eigenvalue weighted by Gasteiger charge is 2.23. The lowest BCUT2D eigenvalue weighted by Gasteiger charge is -2.27. The number of nitrogens with zero attached hydrogens (tertiary/aromatic N) is 1. The van der Waals surface area contributed by atoms with Crippen molar-refractivity contribution in [2.24, 2.45) is 0 Å². The number of hydrogen-bond donors (Lipinski definition) is 2. The molecule has 1 atom stereocenters. The zero-order valence-corrected chi connectivity index (χ0v) is 17.8. The van der Waals surface area contributed by atoms with Crippen LogP contribution in [0.4, 0.5) is 10.5 Å². The van der Waals surface area contributed by atoms with Crippen LogP contribution >= 0.6 is 0 Å². The van der Waals surface area contributed by atoms with E-state index in [9.17, 15) is 4.79 Å². The van der Waals surface area contributed by atoms with E-state index in [1.807, 2.05) is 18.2 Å². The molecule has 0 aliphatic heterocycles. The Balaban J connectivity index is 1.82. The molecule has 0 radical (unpaired) electrons. The van der Waals surface area contributed by atoms with Gasteiger partial charge in [-0.15, -0.1) is 0 Å². The number of carbonyl (C=O) groups excluding carboxylic acids is 1. The van der Waals surface area contributed by atoms with Gasteiger partial charge < -0.3 is 14.9 Å². The third-order valence-corrected chi connectivity index (χ3v) is 4.84. The lowest BCUT2D eigenvalue weighted by atomic mass is 9.88. The third-order valence-electron chi connectivity index (χ3n) is 4.84. The normalized spacial score (nSPS) is 15.5. The van der Waals surface area contributed by atoms with E-state index in [0.29, 0.717) is 28.3 Å². The molecule has 2 aromatic carbocycles. The van der Waals surface area contributed by atoms with Crippen molar-refractivity contribution in [1.82, 2.24) is 0 Å². The first-order valence-electron chi connectivity index (χ1n) is 10.1. The largest absolute Gasteiger partial charge is 0.486 e. The molecule has 0 fully saturated rings. The second-order valence-electron chi connectivity index (χ2n) is 8.48. The summed E-state index contributed by atoms with van der Waals surface area (Å²) in [5.41, 5.74) is 3.71. The molecule has 30 heavy (non-hydrogen) atoms. The molecule has 156 valence electrons. The molecule has 6 heteroatoms. The summed E-state index contributed by atoms with van der Waals surface area (Å²) in [5, 5.41) is 20.0. The molecule has 2 N–H and O–H groups in total. The fourth-order valence-corrected chi connectivity index (χ4v) is 3.56. The van der Waals surface area contributed by atoms with Crippen molar-refractivity contribution in [2.75, 3.05) is 5.32 Å². The van der Waals surface area contributed by atoms with Crippen LogP contribution in [0.1, 0.15) is 68.9 Å². The Hall–Kier alpha value is -3.33. The second-order valence-corrected chi connectivity index (χ2v) is 8.48. The number of nitrogens with one attached hydrogen (secondary N) is 2. The van der Waals surface area contributed by atoms with Crippen molar-refractivity contribution in [3.8, 4) is 11.8 Å². The van der Waals surface area contributed by atoms with Gasteiger partial charge in [-0.05, 0) is 88.4 Å². The Morgan fingerprint density at radius 2 is 2.00 bits per heavy atom. The fourth-order valence-electron chi connectivity index (χ4n) is 3.56. The zero-order chi connectivity index (χ0) is 21.9. The summed E-state index contributed by atoms with van der Waals surface area (Å²) in [6.45, 7) is 7.06. The fraction of sp³-hybridized carbons (Fsp3) is 0.375. The molecule has 1 aliphatic carbocycles. The van der Waals surface area contributed by atoms with Crippen molar-refractivity contribution in [3.63, 3.8) is 0 Å². The molecule has 1 aliphatic rings. The summed E-state index contributed by atoms with van der Waals surface area (Å²) in [7, 11) is 0. The first kappa shape index (κ1) is 21.4. The Kier molecular flexibility index (Phi) is 6.12. The summed E-state index contributed by atoms with van der Waals surface area (Å²) in [6, 6.07) is 13.2. The maximum Gasteiger partial charge on any atom is 0.412 e. The van der Waals surface area contributed by atoms with Gasteiger partial charge in [0.1, 0.15) is 17.5 Å². The van der Waals surface area contributed by atoms with Gasteiger partial charge in [0.15, 0.2) is 0 Å². The van der Waals surface area contributed by atoms with Gasteiger partial charge in [-0.2, -0.15) is 5.26 Å². The number of carbonyl (C=O) groups is 1. The predicted octanol–water partition coefficient (Wildman–Crippen LogP) is 5.75. The Morgan fingerprint density at radius 3 is 2.67 bits per heavy atom. The highest BCUT2D eigenvalue weighted by molar-refractivity contribution is 6.04. The molecule has 3 rings (SSSR count). The van der Waals surface area contributed by atoms with Crippen LogP contribution in [0.5, 0.6) is 5.75 Å². The summed E-state index contributed by atoms with van der Waals surface area (Å²) in [6.07, 6.45) is 2.14. The van der Waals surface area contributed by atoms with Crippen molar-refractivity contribution >= 4 is 17.5 Å². The van der Waals surface area contributed by atoms with E-state index in [-0.39, 0.29) is 6.10 Å². The van der Waals surface area contributed by atoms with E-state index >= 15 is 0 Å². The van der Waals surface area contributed by atoms with Gasteiger partial charge >= 0.3 is 6.09 Å². The van der Waals surface area contributed by atoms with Crippen LogP contribution in [0.2, 0.25) is 0 Å². The van der Waals surface area contributed by atoms with E-state index < -0.39 is 11.7 Å². The van der Waals surface area contributed by atoms with Gasteiger partial charge in [0.25, 0.3) is 0 Å². The number of fused-ring (bicyclic) bond motifs is 1. The molecule has 0 spiro atoms. The number of benzene rings is 2. The summed E-state index contributed by atoms with van der Waals surface area (Å²) >= 11 is 0. The van der Waals surface area contributed by atoms with E-state index in [1.54, 1.807) is 45.9 Å². The van der Waals surface area contributed by atoms with E-state index in [1.165, 1.54) is 0 Å². The van der Waals surface area contributed by atoms with E-state index in [0.717, 1.165) is 30.4 Å². The molecule has 1 amide bonds. The number of rotatable bonds is 4. The van der Waals surface area contributed by atoms with E-state index in [4.69, 9.17) is 20.1 Å². The molecule has 0 aromatic heterocycles. The minimum atomic E-state index is -0.604. The van der Waals surface area contributed by atoms with Gasteiger partial charge in [-0.1, -0.05) is 6.07 Å². The lowest BCUT2D eigenvalue weighted by molar-refractivity contribution is 0.0636. The number of amides is 1. The summed E-state index contributed by atoms with van der Waals surface area (Å²) in [5.74, 6) is 0.633. The smallest absolute Gasteiger partial charge is 0.412 e. The van der Waals surface area contributed by atoms with Crippen LogP contribution in [-0.2, 0) is 11.2 Å². The van der Waals surface area contributed by atoms with Crippen LogP contribution in [0.15, 0.2) is 36.4 Å². The number of hydrogen-bond acceptors (Lipinski definition) is 5. The molecule has 0 bridgehead atoms. The number of ether oxygens (including phenoxy) is 2. The average Bonchev–Trinajstić information content (AvgIpc) is 2.67. The molecule has 0 heterocycles. The molecular weight excluding hydrogens is 378 g/mol. The Bertz CT molecular complexity index is 1020. The lowest BCUT2D eigenvalue weighted by Crippen LogP contribution is -2.27. The maximum atomic E-state index is 12.1. The predicted molar refractivity (Wildman–Crippen MR) is 116 cm³/mol. The number of nitriles is 1. The number of aryl methyl sites for hydroxylation is 1. The molecule has 2 aromatic rings. The first-order valence-corrected chi connectivity index (χ1v) is 10.1. The SMILES string of the molecule is CC(=N)c1cc(OC2CCCc3cc(C#N)ccc32)ccc1NC(=O)OC(C)(C)C. The van der Waals surface area contributed by atoms with Crippen molar-refractivity contribution in [3.05, 3.63) is 58.7 Å². The topological polar surface area (TPSA) is 95.2 Å². The second kappa shape index (κ2) is 8.58. The van der Waals surface area contributed by atoms with Gasteiger partial charge in [0.05, 0.1) is 17.3 Å². The van der Waals surface area contributed by atoms with Crippen LogP contribution in [0.25, 0.3) is 0 Å². The minimum absolute atomic E-state index is 0.106.